The van der Waals surface area contributed by atoms with Gasteiger partial charge in [0.15, 0.2) is 0 Å². The van der Waals surface area contributed by atoms with E-state index in [9.17, 15) is 4.39 Å². The lowest BCUT2D eigenvalue weighted by molar-refractivity contribution is 0.319. The average Bonchev–Trinajstić information content (AvgIpc) is 3.07. The lowest BCUT2D eigenvalue weighted by atomic mass is 9.77. The van der Waals surface area contributed by atoms with E-state index < -0.39 is 0 Å². The molecule has 106 valence electrons. The van der Waals surface area contributed by atoms with E-state index in [0.29, 0.717) is 11.5 Å². The van der Waals surface area contributed by atoms with Crippen LogP contribution >= 0.6 is 0 Å². The van der Waals surface area contributed by atoms with Gasteiger partial charge in [0.05, 0.1) is 5.56 Å². The van der Waals surface area contributed by atoms with Gasteiger partial charge in [-0.3, -0.25) is 0 Å². The van der Waals surface area contributed by atoms with Crippen LogP contribution in [0.1, 0.15) is 69.1 Å². The van der Waals surface area contributed by atoms with Gasteiger partial charge in [0.1, 0.15) is 5.82 Å². The quantitative estimate of drug-likeness (QED) is 0.626. The van der Waals surface area contributed by atoms with Crippen molar-refractivity contribution >= 4 is 0 Å². The largest absolute Gasteiger partial charge is 0.206 e. The molecule has 1 aromatic rings. The highest BCUT2D eigenvalue weighted by Gasteiger charge is 2.33. The second-order valence-corrected chi connectivity index (χ2v) is 7.40. The lowest BCUT2D eigenvalue weighted by Crippen LogP contribution is -2.15. The van der Waals surface area contributed by atoms with Crippen molar-refractivity contribution in [2.75, 3.05) is 0 Å². The Labute approximate surface area is 121 Å². The highest BCUT2D eigenvalue weighted by Crippen LogP contribution is 2.46. The molecule has 0 bridgehead atoms. The third-order valence-electron chi connectivity index (χ3n) is 4.70. The summed E-state index contributed by atoms with van der Waals surface area (Å²) >= 11 is 0. The first-order valence-electron chi connectivity index (χ1n) is 7.77. The maximum absolute atomic E-state index is 14.1. The van der Waals surface area contributed by atoms with Gasteiger partial charge < -0.3 is 0 Å². The molecule has 0 heterocycles. The van der Waals surface area contributed by atoms with E-state index in [4.69, 9.17) is 0 Å². The van der Waals surface area contributed by atoms with Crippen molar-refractivity contribution in [1.82, 2.24) is 0 Å². The van der Waals surface area contributed by atoms with Crippen LogP contribution in [0, 0.1) is 29.0 Å². The zero-order chi connectivity index (χ0) is 14.3. The summed E-state index contributed by atoms with van der Waals surface area (Å²) in [5.74, 6) is 7.50. The molecule has 3 rings (SSSR count). The highest BCUT2D eigenvalue weighted by molar-refractivity contribution is 5.50. The topological polar surface area (TPSA) is 0 Å². The number of rotatable bonds is 1. The third-order valence-corrected chi connectivity index (χ3v) is 4.70. The second-order valence-electron chi connectivity index (χ2n) is 7.40. The van der Waals surface area contributed by atoms with Crippen molar-refractivity contribution in [3.8, 4) is 11.8 Å². The van der Waals surface area contributed by atoms with E-state index in [1.165, 1.54) is 24.0 Å². The molecular formula is C19H23F. The molecular weight excluding hydrogens is 247 g/mol. The SMILES string of the molecule is CC(C)(C)[C@H]1CCc2c1ccc(F)c2C#CCC1CC1. The molecule has 1 saturated carbocycles. The van der Waals surface area contributed by atoms with Gasteiger partial charge in [0.2, 0.25) is 0 Å². The van der Waals surface area contributed by atoms with Crippen molar-refractivity contribution in [3.05, 3.63) is 34.6 Å². The zero-order valence-corrected chi connectivity index (χ0v) is 12.7. The molecule has 0 saturated heterocycles. The molecule has 20 heavy (non-hydrogen) atoms. The first-order valence-corrected chi connectivity index (χ1v) is 7.77. The maximum Gasteiger partial charge on any atom is 0.139 e. The Kier molecular flexibility index (Phi) is 3.36. The number of fused-ring (bicyclic) bond motifs is 1. The Bertz CT molecular complexity index is 576. The molecule has 0 N–H and O–H groups in total. The molecule has 0 aliphatic heterocycles. The van der Waals surface area contributed by atoms with Crippen molar-refractivity contribution in [2.24, 2.45) is 11.3 Å². The second kappa shape index (κ2) is 4.92. The first kappa shape index (κ1) is 13.7. The zero-order valence-electron chi connectivity index (χ0n) is 12.7. The minimum absolute atomic E-state index is 0.137. The summed E-state index contributed by atoms with van der Waals surface area (Å²) in [5.41, 5.74) is 3.42. The number of hydrogen-bond acceptors (Lipinski definition) is 0. The molecule has 0 unspecified atom stereocenters. The van der Waals surface area contributed by atoms with Crippen LogP contribution in [0.4, 0.5) is 4.39 Å². The van der Waals surface area contributed by atoms with E-state index in [0.717, 1.165) is 25.2 Å². The summed E-state index contributed by atoms with van der Waals surface area (Å²) in [6.45, 7) is 6.82. The average molecular weight is 270 g/mol. The normalized spacial score (nSPS) is 21.3. The van der Waals surface area contributed by atoms with Crippen molar-refractivity contribution in [2.45, 2.75) is 58.8 Å². The van der Waals surface area contributed by atoms with Gasteiger partial charge in [-0.2, -0.15) is 0 Å². The number of hydrogen-bond donors (Lipinski definition) is 0. The standard InChI is InChI=1S/C19H23F/c1-19(2,3)17-11-9-14-15(17)10-12-18(20)16(14)6-4-5-13-7-8-13/h10,12-13,17H,5,7-9,11H2,1-3H3/t17-/m0/s1. The van der Waals surface area contributed by atoms with Gasteiger partial charge in [0, 0.05) is 6.42 Å². The molecule has 1 aromatic carbocycles. The van der Waals surface area contributed by atoms with Crippen LogP contribution in [0.2, 0.25) is 0 Å². The van der Waals surface area contributed by atoms with Crippen LogP contribution in [0.25, 0.3) is 0 Å². The van der Waals surface area contributed by atoms with E-state index >= 15 is 0 Å². The lowest BCUT2D eigenvalue weighted by Gasteiger charge is -2.27. The van der Waals surface area contributed by atoms with E-state index in [2.05, 4.69) is 32.6 Å². The van der Waals surface area contributed by atoms with Crippen LogP contribution in [0.15, 0.2) is 12.1 Å². The molecule has 0 radical (unpaired) electrons. The maximum atomic E-state index is 14.1. The Morgan fingerprint density at radius 2 is 1.95 bits per heavy atom. The van der Waals surface area contributed by atoms with E-state index in [1.54, 1.807) is 6.07 Å². The van der Waals surface area contributed by atoms with Crippen LogP contribution in [-0.2, 0) is 6.42 Å². The van der Waals surface area contributed by atoms with Crippen molar-refractivity contribution < 1.29 is 4.39 Å². The summed E-state index contributed by atoms with van der Waals surface area (Å²) < 4.78 is 14.1. The Balaban J connectivity index is 1.94. The fourth-order valence-corrected chi connectivity index (χ4v) is 3.32. The molecule has 0 nitrogen and oxygen atoms in total. The van der Waals surface area contributed by atoms with Crippen molar-refractivity contribution in [3.63, 3.8) is 0 Å². The monoisotopic (exact) mass is 270 g/mol. The minimum Gasteiger partial charge on any atom is -0.206 e. The van der Waals surface area contributed by atoms with Gasteiger partial charge >= 0.3 is 0 Å². The van der Waals surface area contributed by atoms with Crippen molar-refractivity contribution in [1.29, 1.82) is 0 Å². The summed E-state index contributed by atoms with van der Waals surface area (Å²) in [6, 6.07) is 3.60. The molecule has 2 aliphatic rings. The highest BCUT2D eigenvalue weighted by atomic mass is 19.1. The van der Waals surface area contributed by atoms with Gasteiger partial charge in [-0.1, -0.05) is 38.7 Å². The summed E-state index contributed by atoms with van der Waals surface area (Å²) in [5, 5.41) is 0. The van der Waals surface area contributed by atoms with Crippen LogP contribution in [0.5, 0.6) is 0 Å². The fourth-order valence-electron chi connectivity index (χ4n) is 3.32. The van der Waals surface area contributed by atoms with E-state index in [1.807, 2.05) is 6.07 Å². The molecule has 1 atom stereocenters. The molecule has 0 amide bonds. The van der Waals surface area contributed by atoms with Gasteiger partial charge in [0.25, 0.3) is 0 Å². The predicted molar refractivity (Wildman–Crippen MR) is 81.1 cm³/mol. The Morgan fingerprint density at radius 3 is 2.60 bits per heavy atom. The third kappa shape index (κ3) is 2.62. The molecule has 1 fully saturated rings. The molecule has 2 aliphatic carbocycles. The first-order chi connectivity index (χ1) is 9.47. The number of benzene rings is 1. The van der Waals surface area contributed by atoms with Crippen LogP contribution in [-0.4, -0.2) is 0 Å². The summed E-state index contributed by atoms with van der Waals surface area (Å²) in [6.07, 6.45) is 5.64. The van der Waals surface area contributed by atoms with Crippen LogP contribution in [0.3, 0.4) is 0 Å². The van der Waals surface area contributed by atoms with Gasteiger partial charge in [-0.05, 0) is 60.1 Å². The molecule has 0 spiro atoms. The van der Waals surface area contributed by atoms with Gasteiger partial charge in [-0.25, -0.2) is 4.39 Å². The molecule has 1 heteroatoms. The molecule has 0 aromatic heterocycles. The smallest absolute Gasteiger partial charge is 0.139 e. The summed E-state index contributed by atoms with van der Waals surface area (Å²) in [7, 11) is 0. The minimum atomic E-state index is -0.137. The number of halogens is 1. The van der Waals surface area contributed by atoms with Gasteiger partial charge in [-0.15, -0.1) is 0 Å². The predicted octanol–water partition coefficient (Wildman–Crippen LogP) is 5.05. The Morgan fingerprint density at radius 1 is 1.20 bits per heavy atom. The summed E-state index contributed by atoms with van der Waals surface area (Å²) in [4.78, 5) is 0. The fraction of sp³-hybridized carbons (Fsp3) is 0.579. The van der Waals surface area contributed by atoms with Crippen LogP contribution < -0.4 is 0 Å². The Hall–Kier alpha value is -1.29. The van der Waals surface area contributed by atoms with E-state index in [-0.39, 0.29) is 11.2 Å².